The van der Waals surface area contributed by atoms with E-state index in [1.165, 1.54) is 0 Å². The van der Waals surface area contributed by atoms with Gasteiger partial charge in [-0.3, -0.25) is 4.79 Å². The summed E-state index contributed by atoms with van der Waals surface area (Å²) in [6.45, 7) is 6.48. The van der Waals surface area contributed by atoms with Gasteiger partial charge in [-0.25, -0.2) is 0 Å². The van der Waals surface area contributed by atoms with E-state index < -0.39 is 0 Å². The highest BCUT2D eigenvalue weighted by atomic mass is 16.5. The number of nitrogens with one attached hydrogen (secondary N) is 1. The maximum Gasteiger partial charge on any atom is 0.237 e. The van der Waals surface area contributed by atoms with E-state index in [9.17, 15) is 4.79 Å². The average Bonchev–Trinajstić information content (AvgIpc) is 2.79. The molecule has 1 amide bonds. The lowest BCUT2D eigenvalue weighted by molar-refractivity contribution is -0.123. The Labute approximate surface area is 97.9 Å². The maximum absolute atomic E-state index is 11.6. The summed E-state index contributed by atoms with van der Waals surface area (Å²) in [6, 6.07) is -0.371. The van der Waals surface area contributed by atoms with Crippen LogP contribution in [0.3, 0.4) is 0 Å². The average molecular weight is 228 g/mol. The van der Waals surface area contributed by atoms with E-state index in [1.807, 2.05) is 13.8 Å². The zero-order valence-electron chi connectivity index (χ0n) is 10.4. The predicted octanol–water partition coefficient (Wildman–Crippen LogP) is 0.903. The number of carbonyl (C=O) groups excluding carboxylic acids is 1. The molecule has 16 heavy (non-hydrogen) atoms. The summed E-state index contributed by atoms with van der Waals surface area (Å²) < 4.78 is 5.28. The second-order valence-corrected chi connectivity index (χ2v) is 4.72. The first-order valence-electron chi connectivity index (χ1n) is 6.26. The minimum Gasteiger partial charge on any atom is -0.381 e. The first-order valence-corrected chi connectivity index (χ1v) is 6.26. The molecule has 1 aliphatic heterocycles. The number of rotatable bonds is 6. The highest BCUT2D eigenvalue weighted by Gasteiger charge is 2.20. The molecule has 3 unspecified atom stereocenters. The van der Waals surface area contributed by atoms with Gasteiger partial charge in [0, 0.05) is 19.8 Å². The summed E-state index contributed by atoms with van der Waals surface area (Å²) >= 11 is 0. The molecular formula is C12H24N2O2. The van der Waals surface area contributed by atoms with Gasteiger partial charge in [0.05, 0.1) is 6.04 Å². The van der Waals surface area contributed by atoms with Crippen LogP contribution < -0.4 is 11.1 Å². The Bertz CT molecular complexity index is 215. The van der Waals surface area contributed by atoms with E-state index in [0.29, 0.717) is 5.92 Å². The van der Waals surface area contributed by atoms with Gasteiger partial charge in [0.15, 0.2) is 0 Å². The smallest absolute Gasteiger partial charge is 0.237 e. The predicted molar refractivity (Wildman–Crippen MR) is 64.0 cm³/mol. The molecule has 1 saturated heterocycles. The summed E-state index contributed by atoms with van der Waals surface area (Å²) in [6.07, 6.45) is 3.05. The first kappa shape index (κ1) is 13.5. The van der Waals surface area contributed by atoms with Crippen molar-refractivity contribution in [3.8, 4) is 0 Å². The normalized spacial score (nSPS) is 24.1. The number of hydrogen-bond acceptors (Lipinski definition) is 3. The molecule has 4 heteroatoms. The Morgan fingerprint density at radius 3 is 2.94 bits per heavy atom. The van der Waals surface area contributed by atoms with Gasteiger partial charge < -0.3 is 15.8 Å². The van der Waals surface area contributed by atoms with Crippen molar-refractivity contribution in [3.63, 3.8) is 0 Å². The number of amides is 1. The van der Waals surface area contributed by atoms with Gasteiger partial charge in [-0.05, 0) is 24.7 Å². The van der Waals surface area contributed by atoms with E-state index in [0.717, 1.165) is 39.0 Å². The van der Waals surface area contributed by atoms with Crippen LogP contribution in [0.15, 0.2) is 0 Å². The number of carbonyl (C=O) groups is 1. The second kappa shape index (κ2) is 6.86. The van der Waals surface area contributed by atoms with Crippen molar-refractivity contribution < 1.29 is 9.53 Å². The standard InChI is InChI=1S/C12H24N2O2/c1-3-9(2)11(13)12(15)14-6-4-10-5-7-16-8-10/h9-11H,3-8,13H2,1-2H3,(H,14,15). The fraction of sp³-hybridized carbons (Fsp3) is 0.917. The van der Waals surface area contributed by atoms with Crippen LogP contribution in [0.2, 0.25) is 0 Å². The minimum atomic E-state index is -0.371. The van der Waals surface area contributed by atoms with Gasteiger partial charge in [-0.2, -0.15) is 0 Å². The van der Waals surface area contributed by atoms with Crippen LogP contribution in [0.4, 0.5) is 0 Å². The molecule has 1 rings (SSSR count). The molecule has 0 aliphatic carbocycles. The number of hydrogen-bond donors (Lipinski definition) is 2. The Morgan fingerprint density at radius 1 is 1.62 bits per heavy atom. The van der Waals surface area contributed by atoms with Crippen molar-refractivity contribution in [2.75, 3.05) is 19.8 Å². The minimum absolute atomic E-state index is 0.0201. The first-order chi connectivity index (χ1) is 7.65. The van der Waals surface area contributed by atoms with Gasteiger partial charge in [-0.15, -0.1) is 0 Å². The summed E-state index contributed by atoms with van der Waals surface area (Å²) in [4.78, 5) is 11.6. The van der Waals surface area contributed by atoms with Crippen molar-refractivity contribution in [3.05, 3.63) is 0 Å². The van der Waals surface area contributed by atoms with E-state index in [2.05, 4.69) is 5.32 Å². The van der Waals surface area contributed by atoms with E-state index in [-0.39, 0.29) is 17.9 Å². The molecule has 0 radical (unpaired) electrons. The molecule has 3 atom stereocenters. The summed E-state index contributed by atoms with van der Waals surface area (Å²) in [5.41, 5.74) is 5.83. The van der Waals surface area contributed by atoms with Gasteiger partial charge in [0.2, 0.25) is 5.91 Å². The van der Waals surface area contributed by atoms with Crippen LogP contribution in [0.5, 0.6) is 0 Å². The number of ether oxygens (including phenoxy) is 1. The van der Waals surface area contributed by atoms with Crippen molar-refractivity contribution in [1.82, 2.24) is 5.32 Å². The Balaban J connectivity index is 2.13. The van der Waals surface area contributed by atoms with Gasteiger partial charge in [0.1, 0.15) is 0 Å². The molecule has 94 valence electrons. The quantitative estimate of drug-likeness (QED) is 0.710. The van der Waals surface area contributed by atoms with Crippen molar-refractivity contribution in [2.45, 2.75) is 39.2 Å². The molecule has 0 bridgehead atoms. The Morgan fingerprint density at radius 2 is 2.38 bits per heavy atom. The fourth-order valence-electron chi connectivity index (χ4n) is 1.84. The molecule has 0 aromatic carbocycles. The fourth-order valence-corrected chi connectivity index (χ4v) is 1.84. The zero-order valence-corrected chi connectivity index (χ0v) is 10.4. The Kier molecular flexibility index (Phi) is 5.77. The molecule has 1 fully saturated rings. The van der Waals surface area contributed by atoms with Crippen molar-refractivity contribution in [1.29, 1.82) is 0 Å². The van der Waals surface area contributed by atoms with Crippen LogP contribution in [0.25, 0.3) is 0 Å². The monoisotopic (exact) mass is 228 g/mol. The van der Waals surface area contributed by atoms with E-state index >= 15 is 0 Å². The highest BCUT2D eigenvalue weighted by molar-refractivity contribution is 5.81. The van der Waals surface area contributed by atoms with Gasteiger partial charge in [-0.1, -0.05) is 20.3 Å². The molecule has 0 aromatic rings. The molecule has 1 heterocycles. The summed E-state index contributed by atoms with van der Waals surface area (Å²) in [5, 5.41) is 2.91. The van der Waals surface area contributed by atoms with Crippen LogP contribution in [-0.4, -0.2) is 31.7 Å². The van der Waals surface area contributed by atoms with Crippen LogP contribution in [0, 0.1) is 11.8 Å². The maximum atomic E-state index is 11.6. The van der Waals surface area contributed by atoms with E-state index in [1.54, 1.807) is 0 Å². The third kappa shape index (κ3) is 4.10. The van der Waals surface area contributed by atoms with Crippen LogP contribution >= 0.6 is 0 Å². The lowest BCUT2D eigenvalue weighted by Crippen LogP contribution is -2.45. The third-order valence-electron chi connectivity index (χ3n) is 3.44. The topological polar surface area (TPSA) is 64.4 Å². The highest BCUT2D eigenvalue weighted by Crippen LogP contribution is 2.15. The van der Waals surface area contributed by atoms with E-state index in [4.69, 9.17) is 10.5 Å². The van der Waals surface area contributed by atoms with Crippen LogP contribution in [0.1, 0.15) is 33.1 Å². The molecule has 0 aromatic heterocycles. The molecular weight excluding hydrogens is 204 g/mol. The zero-order chi connectivity index (χ0) is 12.0. The summed E-state index contributed by atoms with van der Waals surface area (Å²) in [7, 11) is 0. The SMILES string of the molecule is CCC(C)C(N)C(=O)NCCC1CCOC1. The van der Waals surface area contributed by atoms with Crippen LogP contribution in [-0.2, 0) is 9.53 Å². The number of nitrogens with two attached hydrogens (primary N) is 1. The molecule has 3 N–H and O–H groups in total. The van der Waals surface area contributed by atoms with Gasteiger partial charge in [0.25, 0.3) is 0 Å². The lowest BCUT2D eigenvalue weighted by atomic mass is 9.99. The molecule has 4 nitrogen and oxygen atoms in total. The summed E-state index contributed by atoms with van der Waals surface area (Å²) in [5.74, 6) is 0.836. The third-order valence-corrected chi connectivity index (χ3v) is 3.44. The second-order valence-electron chi connectivity index (χ2n) is 4.72. The molecule has 1 aliphatic rings. The molecule has 0 saturated carbocycles. The lowest BCUT2D eigenvalue weighted by Gasteiger charge is -2.18. The molecule has 0 spiro atoms. The van der Waals surface area contributed by atoms with Crippen molar-refractivity contribution >= 4 is 5.91 Å². The van der Waals surface area contributed by atoms with Gasteiger partial charge >= 0.3 is 0 Å². The Hall–Kier alpha value is -0.610. The largest absolute Gasteiger partial charge is 0.381 e. The van der Waals surface area contributed by atoms with Crippen molar-refractivity contribution in [2.24, 2.45) is 17.6 Å².